The van der Waals surface area contributed by atoms with Crippen molar-refractivity contribution in [3.63, 3.8) is 0 Å². The highest BCUT2D eigenvalue weighted by Gasteiger charge is 2.63. The highest BCUT2D eigenvalue weighted by atomic mass is 16.6. The number of hydrogen-bond donors (Lipinski definition) is 0. The molecule has 1 aliphatic carbocycles. The van der Waals surface area contributed by atoms with E-state index in [1.54, 1.807) is 4.90 Å². The number of anilines is 1. The largest absolute Gasteiger partial charge is 0.488 e. The first-order valence-corrected chi connectivity index (χ1v) is 16.2. The van der Waals surface area contributed by atoms with Gasteiger partial charge in [0, 0.05) is 31.7 Å². The van der Waals surface area contributed by atoms with E-state index in [1.165, 1.54) is 11.1 Å². The molecule has 0 N–H and O–H groups in total. The number of piperidine rings is 1. The van der Waals surface area contributed by atoms with Gasteiger partial charge < -0.3 is 24.0 Å². The van der Waals surface area contributed by atoms with Crippen LogP contribution in [-0.4, -0.2) is 53.8 Å². The monoisotopic (exact) mass is 611 g/mol. The number of para-hydroxylation sites is 1. The summed E-state index contributed by atoms with van der Waals surface area (Å²) in [5, 5.41) is 0. The molecule has 8 nitrogen and oxygen atoms in total. The van der Waals surface area contributed by atoms with Crippen molar-refractivity contribution in [2.75, 3.05) is 31.1 Å². The van der Waals surface area contributed by atoms with E-state index in [4.69, 9.17) is 19.2 Å². The highest BCUT2D eigenvalue weighted by Crippen LogP contribution is 2.59. The fourth-order valence-corrected chi connectivity index (χ4v) is 6.93. The van der Waals surface area contributed by atoms with E-state index in [2.05, 4.69) is 55.1 Å². The SMILES string of the molecule is CCOC(=O)[C@@]12CCN(c3cccc(-c4cccc(C)c4OCc4ccc5c(c4C)CCN(C(=O)OC(C)(C)C)C5)n3)C[C@@H]1C2. The van der Waals surface area contributed by atoms with E-state index in [1.807, 2.05) is 39.8 Å². The van der Waals surface area contributed by atoms with E-state index in [-0.39, 0.29) is 17.5 Å². The molecule has 238 valence electrons. The van der Waals surface area contributed by atoms with Gasteiger partial charge in [0.25, 0.3) is 0 Å². The number of ether oxygens (including phenoxy) is 3. The molecule has 1 saturated heterocycles. The van der Waals surface area contributed by atoms with Crippen LogP contribution in [0.1, 0.15) is 68.4 Å². The number of carbonyl (C=O) groups excluding carboxylic acids is 2. The number of amides is 1. The lowest BCUT2D eigenvalue weighted by atomic mass is 9.92. The molecule has 0 radical (unpaired) electrons. The fraction of sp³-hybridized carbons (Fsp3) is 0.486. The van der Waals surface area contributed by atoms with Gasteiger partial charge in [-0.15, -0.1) is 0 Å². The third-order valence-electron chi connectivity index (χ3n) is 9.55. The molecule has 0 spiro atoms. The Morgan fingerprint density at radius 2 is 1.84 bits per heavy atom. The number of esters is 1. The van der Waals surface area contributed by atoms with Crippen molar-refractivity contribution in [2.24, 2.45) is 11.3 Å². The van der Waals surface area contributed by atoms with Crippen molar-refractivity contribution in [3.8, 4) is 17.0 Å². The van der Waals surface area contributed by atoms with Gasteiger partial charge >= 0.3 is 12.1 Å². The lowest BCUT2D eigenvalue weighted by molar-refractivity contribution is -0.150. The van der Waals surface area contributed by atoms with Crippen molar-refractivity contribution >= 4 is 17.9 Å². The lowest BCUT2D eigenvalue weighted by Crippen LogP contribution is -2.40. The maximum absolute atomic E-state index is 12.7. The van der Waals surface area contributed by atoms with Crippen LogP contribution in [0, 0.1) is 25.2 Å². The Bertz CT molecular complexity index is 1610. The maximum atomic E-state index is 12.7. The topological polar surface area (TPSA) is 81.2 Å². The van der Waals surface area contributed by atoms with Gasteiger partial charge in [-0.1, -0.05) is 30.3 Å². The molecule has 0 bridgehead atoms. The van der Waals surface area contributed by atoms with Crippen LogP contribution in [-0.2, 0) is 33.8 Å². The molecule has 45 heavy (non-hydrogen) atoms. The number of aromatic nitrogens is 1. The zero-order valence-electron chi connectivity index (χ0n) is 27.4. The molecule has 2 aromatic carbocycles. The number of pyridine rings is 1. The number of benzene rings is 2. The smallest absolute Gasteiger partial charge is 0.410 e. The molecule has 3 aliphatic rings. The molecule has 0 unspecified atom stereocenters. The summed E-state index contributed by atoms with van der Waals surface area (Å²) in [6.07, 6.45) is 2.24. The minimum atomic E-state index is -0.512. The number of rotatable bonds is 7. The Balaban J connectivity index is 1.16. The second-order valence-corrected chi connectivity index (χ2v) is 13.7. The second kappa shape index (κ2) is 12.0. The molecular weight excluding hydrogens is 566 g/mol. The van der Waals surface area contributed by atoms with Crippen LogP contribution in [0.3, 0.4) is 0 Å². The van der Waals surface area contributed by atoms with Crippen LogP contribution in [0.25, 0.3) is 11.3 Å². The van der Waals surface area contributed by atoms with Crippen LogP contribution in [0.15, 0.2) is 48.5 Å². The van der Waals surface area contributed by atoms with Gasteiger partial charge in [0.15, 0.2) is 0 Å². The van der Waals surface area contributed by atoms with Crippen LogP contribution in [0.2, 0.25) is 0 Å². The van der Waals surface area contributed by atoms with Gasteiger partial charge in [0.2, 0.25) is 0 Å². The molecule has 1 saturated carbocycles. The summed E-state index contributed by atoms with van der Waals surface area (Å²) in [6, 6.07) is 16.6. The number of hydrogen-bond acceptors (Lipinski definition) is 7. The van der Waals surface area contributed by atoms with Crippen molar-refractivity contribution in [1.82, 2.24) is 9.88 Å². The van der Waals surface area contributed by atoms with Gasteiger partial charge in [-0.05, 0) is 113 Å². The second-order valence-electron chi connectivity index (χ2n) is 13.7. The Labute approximate surface area is 266 Å². The third-order valence-corrected chi connectivity index (χ3v) is 9.55. The van der Waals surface area contributed by atoms with Crippen molar-refractivity contribution < 1.29 is 23.8 Å². The van der Waals surface area contributed by atoms with Gasteiger partial charge in [-0.25, -0.2) is 9.78 Å². The first kappa shape index (κ1) is 30.9. The third kappa shape index (κ3) is 6.24. The van der Waals surface area contributed by atoms with Crippen molar-refractivity contribution in [1.29, 1.82) is 0 Å². The van der Waals surface area contributed by atoms with Crippen molar-refractivity contribution in [3.05, 3.63) is 76.3 Å². The van der Waals surface area contributed by atoms with E-state index >= 15 is 0 Å². The van der Waals surface area contributed by atoms with Gasteiger partial charge in [0.1, 0.15) is 23.8 Å². The summed E-state index contributed by atoms with van der Waals surface area (Å²) in [4.78, 5) is 34.4. The van der Waals surface area contributed by atoms with E-state index in [0.29, 0.717) is 32.2 Å². The predicted octanol–water partition coefficient (Wildman–Crippen LogP) is 7.02. The first-order chi connectivity index (χ1) is 21.5. The van der Waals surface area contributed by atoms with Gasteiger partial charge in [0.05, 0.1) is 17.7 Å². The molecule has 1 aromatic heterocycles. The Morgan fingerprint density at radius 3 is 2.60 bits per heavy atom. The zero-order valence-corrected chi connectivity index (χ0v) is 27.4. The average molecular weight is 612 g/mol. The van der Waals surface area contributed by atoms with Crippen LogP contribution in [0.5, 0.6) is 5.75 Å². The quantitative estimate of drug-likeness (QED) is 0.266. The summed E-state index contributed by atoms with van der Waals surface area (Å²) in [5.41, 5.74) is 6.90. The summed E-state index contributed by atoms with van der Waals surface area (Å²) in [6.45, 7) is 15.4. The number of fused-ring (bicyclic) bond motifs is 2. The molecule has 1 amide bonds. The van der Waals surface area contributed by atoms with E-state index in [9.17, 15) is 9.59 Å². The standard InChI is InChI=1S/C37H45N3O5/c1-7-43-34(41)37-17-19-39(22-28(37)20-37)32-13-9-12-31(38-32)30-11-8-10-24(2)33(30)44-23-27-15-14-26-21-40(18-16-29(26)25(27)3)35(42)45-36(4,5)6/h8-15,28H,7,16-23H2,1-6H3/t28-,37+/m0/s1. The Morgan fingerprint density at radius 1 is 1.04 bits per heavy atom. The zero-order chi connectivity index (χ0) is 31.9. The normalized spacial score (nSPS) is 20.6. The van der Waals surface area contributed by atoms with Gasteiger partial charge in [-0.3, -0.25) is 4.79 Å². The first-order valence-electron chi connectivity index (χ1n) is 16.2. The average Bonchev–Trinajstić information content (AvgIpc) is 3.76. The highest BCUT2D eigenvalue weighted by molar-refractivity contribution is 5.81. The summed E-state index contributed by atoms with van der Waals surface area (Å²) < 4.78 is 17.6. The number of aryl methyl sites for hydroxylation is 1. The number of nitrogens with zero attached hydrogens (tertiary/aromatic N) is 3. The number of carbonyl (C=O) groups is 2. The molecule has 2 atom stereocenters. The van der Waals surface area contributed by atoms with Crippen LogP contribution >= 0.6 is 0 Å². The summed E-state index contributed by atoms with van der Waals surface area (Å²) >= 11 is 0. The minimum absolute atomic E-state index is 0.0325. The minimum Gasteiger partial charge on any atom is -0.488 e. The van der Waals surface area contributed by atoms with E-state index in [0.717, 1.165) is 71.9 Å². The van der Waals surface area contributed by atoms with Crippen LogP contribution in [0.4, 0.5) is 10.6 Å². The van der Waals surface area contributed by atoms with Gasteiger partial charge in [-0.2, -0.15) is 0 Å². The predicted molar refractivity (Wildman–Crippen MR) is 174 cm³/mol. The van der Waals surface area contributed by atoms with Crippen LogP contribution < -0.4 is 9.64 Å². The molecule has 6 rings (SSSR count). The summed E-state index contributed by atoms with van der Waals surface area (Å²) in [5.74, 6) is 2.05. The molecular formula is C37H45N3O5. The fourth-order valence-electron chi connectivity index (χ4n) is 6.93. The summed E-state index contributed by atoms with van der Waals surface area (Å²) in [7, 11) is 0. The molecule has 3 heterocycles. The molecule has 2 fully saturated rings. The Hall–Kier alpha value is -4.07. The van der Waals surface area contributed by atoms with E-state index < -0.39 is 5.60 Å². The molecule has 3 aromatic rings. The Kier molecular flexibility index (Phi) is 8.27. The maximum Gasteiger partial charge on any atom is 0.410 e. The lowest BCUT2D eigenvalue weighted by Gasteiger charge is -2.32. The molecule has 2 aliphatic heterocycles. The molecule has 8 heteroatoms. The van der Waals surface area contributed by atoms with Crippen molar-refractivity contribution in [2.45, 2.75) is 79.6 Å².